The Bertz CT molecular complexity index is 569. The highest BCUT2D eigenvalue weighted by Gasteiger charge is 2.18. The van der Waals surface area contributed by atoms with Crippen LogP contribution in [0.15, 0.2) is 10.9 Å². The summed E-state index contributed by atoms with van der Waals surface area (Å²) in [6, 6.07) is 0. The number of nitrogens with zero attached hydrogens (tertiary/aromatic N) is 6. The number of rotatable bonds is 4. The van der Waals surface area contributed by atoms with Gasteiger partial charge in [0.05, 0.1) is 17.7 Å². The number of thiazole rings is 1. The monoisotopic (exact) mass is 310 g/mol. The van der Waals surface area contributed by atoms with Crippen molar-refractivity contribution >= 4 is 34.8 Å². The van der Waals surface area contributed by atoms with Gasteiger partial charge in [-0.1, -0.05) is 0 Å². The van der Waals surface area contributed by atoms with Crippen molar-refractivity contribution in [2.45, 2.75) is 19.4 Å². The Morgan fingerprint density at radius 3 is 2.80 bits per heavy atom. The Kier molecular flexibility index (Phi) is 3.98. The van der Waals surface area contributed by atoms with E-state index in [1.165, 1.54) is 12.8 Å². The molecule has 1 saturated heterocycles. The van der Waals surface area contributed by atoms with Crippen LogP contribution in [0, 0.1) is 0 Å². The highest BCUT2D eigenvalue weighted by molar-refractivity contribution is 7.07. The van der Waals surface area contributed by atoms with Gasteiger partial charge in [0.2, 0.25) is 17.2 Å². The fourth-order valence-corrected chi connectivity index (χ4v) is 2.89. The van der Waals surface area contributed by atoms with Gasteiger partial charge in [-0.2, -0.15) is 15.0 Å². The molecule has 0 amide bonds. The zero-order chi connectivity index (χ0) is 13.9. The Morgan fingerprint density at radius 2 is 2.10 bits per heavy atom. The molecular weight excluding hydrogens is 296 g/mol. The average molecular weight is 311 g/mol. The molecule has 1 aliphatic heterocycles. The van der Waals surface area contributed by atoms with Gasteiger partial charge in [-0.25, -0.2) is 4.98 Å². The van der Waals surface area contributed by atoms with Crippen LogP contribution in [0.3, 0.4) is 0 Å². The van der Waals surface area contributed by atoms with E-state index in [9.17, 15) is 0 Å². The van der Waals surface area contributed by atoms with Crippen LogP contribution >= 0.6 is 22.9 Å². The summed E-state index contributed by atoms with van der Waals surface area (Å²) in [6.45, 7) is 2.62. The van der Waals surface area contributed by atoms with Crippen molar-refractivity contribution in [2.24, 2.45) is 0 Å². The maximum absolute atomic E-state index is 6.03. The van der Waals surface area contributed by atoms with Crippen LogP contribution in [0.2, 0.25) is 5.28 Å². The highest BCUT2D eigenvalue weighted by Crippen LogP contribution is 2.20. The van der Waals surface area contributed by atoms with Gasteiger partial charge in [-0.15, -0.1) is 11.3 Å². The third-order valence-electron chi connectivity index (χ3n) is 3.20. The van der Waals surface area contributed by atoms with Gasteiger partial charge in [0.25, 0.3) is 0 Å². The largest absolute Gasteiger partial charge is 0.341 e. The van der Waals surface area contributed by atoms with E-state index in [-0.39, 0.29) is 5.28 Å². The molecule has 3 rings (SSSR count). The normalized spacial score (nSPS) is 14.8. The molecule has 0 bridgehead atoms. The molecule has 0 unspecified atom stereocenters. The zero-order valence-corrected chi connectivity index (χ0v) is 12.7. The van der Waals surface area contributed by atoms with Gasteiger partial charge >= 0.3 is 0 Å². The first-order valence-corrected chi connectivity index (χ1v) is 7.79. The second-order valence-electron chi connectivity index (χ2n) is 4.73. The van der Waals surface area contributed by atoms with E-state index in [0.29, 0.717) is 18.4 Å². The lowest BCUT2D eigenvalue weighted by atomic mass is 10.4. The van der Waals surface area contributed by atoms with Gasteiger partial charge in [-0.3, -0.25) is 0 Å². The Labute approximate surface area is 126 Å². The molecule has 0 N–H and O–H groups in total. The third kappa shape index (κ3) is 2.99. The summed E-state index contributed by atoms with van der Waals surface area (Å²) < 4.78 is 0. The average Bonchev–Trinajstić information content (AvgIpc) is 3.11. The summed E-state index contributed by atoms with van der Waals surface area (Å²) in [4.78, 5) is 21.3. The number of anilines is 2. The Morgan fingerprint density at radius 1 is 1.30 bits per heavy atom. The van der Waals surface area contributed by atoms with Gasteiger partial charge < -0.3 is 9.80 Å². The standard InChI is InChI=1S/C12H15ClN6S/c1-18(6-9-7-20-8-14-9)11-15-10(13)16-12(17-11)19-4-2-3-5-19/h7-8H,2-6H2,1H3. The molecule has 0 aromatic carbocycles. The predicted octanol–water partition coefficient (Wildman–Crippen LogP) is 2.22. The lowest BCUT2D eigenvalue weighted by Gasteiger charge is -2.19. The minimum Gasteiger partial charge on any atom is -0.341 e. The SMILES string of the molecule is CN(Cc1cscn1)c1nc(Cl)nc(N2CCCC2)n1. The van der Waals surface area contributed by atoms with Crippen LogP contribution in [-0.2, 0) is 6.54 Å². The molecule has 106 valence electrons. The molecule has 2 aromatic rings. The van der Waals surface area contributed by atoms with E-state index in [1.807, 2.05) is 22.8 Å². The Balaban J connectivity index is 1.81. The molecule has 0 saturated carbocycles. The molecular formula is C12H15ClN6S. The highest BCUT2D eigenvalue weighted by atomic mass is 35.5. The summed E-state index contributed by atoms with van der Waals surface area (Å²) >= 11 is 7.60. The van der Waals surface area contributed by atoms with Crippen LogP contribution in [0.4, 0.5) is 11.9 Å². The van der Waals surface area contributed by atoms with E-state index in [4.69, 9.17) is 11.6 Å². The van der Waals surface area contributed by atoms with Crippen molar-refractivity contribution in [2.75, 3.05) is 29.9 Å². The smallest absolute Gasteiger partial charge is 0.231 e. The van der Waals surface area contributed by atoms with E-state index < -0.39 is 0 Å². The maximum atomic E-state index is 6.03. The van der Waals surface area contributed by atoms with E-state index in [1.54, 1.807) is 11.3 Å². The first kappa shape index (κ1) is 13.5. The fourth-order valence-electron chi connectivity index (χ4n) is 2.19. The first-order valence-electron chi connectivity index (χ1n) is 6.47. The summed E-state index contributed by atoms with van der Waals surface area (Å²) in [6.07, 6.45) is 2.35. The summed E-state index contributed by atoms with van der Waals surface area (Å²) in [7, 11) is 1.93. The van der Waals surface area contributed by atoms with Crippen molar-refractivity contribution in [3.63, 3.8) is 0 Å². The summed E-state index contributed by atoms with van der Waals surface area (Å²) in [5, 5.41) is 2.25. The minimum absolute atomic E-state index is 0.238. The molecule has 1 aliphatic rings. The van der Waals surface area contributed by atoms with Gasteiger partial charge in [0.15, 0.2) is 0 Å². The van der Waals surface area contributed by atoms with Crippen LogP contribution in [0.25, 0.3) is 0 Å². The van der Waals surface area contributed by atoms with Crippen LogP contribution in [-0.4, -0.2) is 40.1 Å². The van der Waals surface area contributed by atoms with Crippen molar-refractivity contribution in [1.82, 2.24) is 19.9 Å². The second kappa shape index (κ2) is 5.88. The van der Waals surface area contributed by atoms with Crippen molar-refractivity contribution in [1.29, 1.82) is 0 Å². The lowest BCUT2D eigenvalue weighted by molar-refractivity contribution is 0.814. The van der Waals surface area contributed by atoms with Crippen molar-refractivity contribution < 1.29 is 0 Å². The molecule has 3 heterocycles. The molecule has 1 fully saturated rings. The van der Waals surface area contributed by atoms with E-state index in [2.05, 4.69) is 24.8 Å². The topological polar surface area (TPSA) is 58.0 Å². The number of aromatic nitrogens is 4. The minimum atomic E-state index is 0.238. The first-order chi connectivity index (χ1) is 9.72. The van der Waals surface area contributed by atoms with E-state index in [0.717, 1.165) is 18.8 Å². The molecule has 0 radical (unpaired) electrons. The van der Waals surface area contributed by atoms with Crippen LogP contribution in [0.1, 0.15) is 18.5 Å². The summed E-state index contributed by atoms with van der Waals surface area (Å²) in [5.74, 6) is 1.25. The fraction of sp³-hybridized carbons (Fsp3) is 0.500. The maximum Gasteiger partial charge on any atom is 0.231 e. The van der Waals surface area contributed by atoms with Crippen LogP contribution in [0.5, 0.6) is 0 Å². The molecule has 0 atom stereocenters. The summed E-state index contributed by atoms with van der Waals surface area (Å²) in [5.41, 5.74) is 2.82. The zero-order valence-electron chi connectivity index (χ0n) is 11.2. The van der Waals surface area contributed by atoms with Crippen molar-refractivity contribution in [3.8, 4) is 0 Å². The quantitative estimate of drug-likeness (QED) is 0.863. The second-order valence-corrected chi connectivity index (χ2v) is 5.79. The lowest BCUT2D eigenvalue weighted by Crippen LogP contribution is -2.24. The van der Waals surface area contributed by atoms with Gasteiger partial charge in [-0.05, 0) is 24.4 Å². The van der Waals surface area contributed by atoms with Gasteiger partial charge in [0, 0.05) is 25.5 Å². The van der Waals surface area contributed by atoms with Gasteiger partial charge in [0.1, 0.15) is 0 Å². The van der Waals surface area contributed by atoms with E-state index >= 15 is 0 Å². The van der Waals surface area contributed by atoms with Crippen LogP contribution < -0.4 is 9.80 Å². The predicted molar refractivity (Wildman–Crippen MR) is 80.5 cm³/mol. The number of hydrogen-bond acceptors (Lipinski definition) is 7. The molecule has 6 nitrogen and oxygen atoms in total. The number of halogens is 1. The molecule has 2 aromatic heterocycles. The number of hydrogen-bond donors (Lipinski definition) is 0. The molecule has 20 heavy (non-hydrogen) atoms. The molecule has 0 aliphatic carbocycles. The molecule has 8 heteroatoms. The Hall–Kier alpha value is -1.47. The van der Waals surface area contributed by atoms with Crippen molar-refractivity contribution in [3.05, 3.63) is 21.9 Å². The molecule has 0 spiro atoms. The third-order valence-corrected chi connectivity index (χ3v) is 4.00.